The molecular weight excluding hydrogens is 420 g/mol. The number of amides is 1. The van der Waals surface area contributed by atoms with Crippen LogP contribution < -0.4 is 0 Å². The maximum atomic E-state index is 13.8. The number of aromatic nitrogens is 3. The second kappa shape index (κ2) is 8.25. The minimum atomic E-state index is -4.46. The Labute approximate surface area is 174 Å². The lowest BCUT2D eigenvalue weighted by Crippen LogP contribution is -2.40. The lowest BCUT2D eigenvalue weighted by molar-refractivity contribution is -0.137. The topological polar surface area (TPSA) is 50.5 Å². The summed E-state index contributed by atoms with van der Waals surface area (Å²) < 4.78 is 54.4. The Balaban J connectivity index is 1.48. The Morgan fingerprint density at radius 2 is 1.97 bits per heavy atom. The van der Waals surface area contributed by atoms with Crippen LogP contribution in [-0.2, 0) is 11.0 Å². The smallest absolute Gasteiger partial charge is 0.341 e. The number of alkyl halides is 3. The monoisotopic (exact) mass is 438 g/mol. The molecule has 1 fully saturated rings. The number of hydrogen-bond acceptors (Lipinski definition) is 4. The number of piperidine rings is 1. The summed E-state index contributed by atoms with van der Waals surface area (Å²) in [4.78, 5) is 14.7. The number of fused-ring (bicyclic) bond motifs is 1. The molecule has 1 atom stereocenters. The molecular formula is C20H18F4N4OS. The predicted octanol–water partition coefficient (Wildman–Crippen LogP) is 4.39. The summed E-state index contributed by atoms with van der Waals surface area (Å²) in [6.07, 6.45) is -2.07. The van der Waals surface area contributed by atoms with Gasteiger partial charge in [0.25, 0.3) is 0 Å². The molecule has 2 aromatic heterocycles. The van der Waals surface area contributed by atoms with Gasteiger partial charge in [-0.1, -0.05) is 12.1 Å². The van der Waals surface area contributed by atoms with E-state index in [1.807, 2.05) is 0 Å². The van der Waals surface area contributed by atoms with E-state index in [-0.39, 0.29) is 23.4 Å². The van der Waals surface area contributed by atoms with Crippen molar-refractivity contribution in [3.63, 3.8) is 0 Å². The van der Waals surface area contributed by atoms with Crippen LogP contribution in [0.5, 0.6) is 0 Å². The van der Waals surface area contributed by atoms with E-state index in [0.717, 1.165) is 24.0 Å². The van der Waals surface area contributed by atoms with Crippen LogP contribution in [0.4, 0.5) is 17.6 Å². The van der Waals surface area contributed by atoms with E-state index in [2.05, 4.69) is 10.2 Å². The number of nitrogens with zero attached hydrogens (tertiary/aromatic N) is 4. The molecule has 158 valence electrons. The Morgan fingerprint density at radius 1 is 1.17 bits per heavy atom. The molecule has 0 N–H and O–H groups in total. The van der Waals surface area contributed by atoms with Crippen molar-refractivity contribution in [2.75, 3.05) is 18.8 Å². The lowest BCUT2D eigenvalue weighted by atomic mass is 9.97. The van der Waals surface area contributed by atoms with E-state index in [1.165, 1.54) is 16.5 Å². The zero-order valence-corrected chi connectivity index (χ0v) is 16.6. The molecule has 3 aromatic rings. The molecule has 30 heavy (non-hydrogen) atoms. The number of hydrogen-bond donors (Lipinski definition) is 0. The number of halogens is 4. The van der Waals surface area contributed by atoms with Crippen molar-refractivity contribution in [2.24, 2.45) is 0 Å². The number of rotatable bonds is 4. The standard InChI is InChI=1S/C20H18F4N4OS/c21-15-5-1-2-6-16(15)30-12-18(29)27-9-3-4-13(10-27)19-26-25-17-8-7-14(11-28(17)19)20(22,23)24/h1-2,5-8,11,13H,3-4,9-10,12H2. The van der Waals surface area contributed by atoms with Crippen LogP contribution in [0.1, 0.15) is 30.1 Å². The minimum Gasteiger partial charge on any atom is -0.341 e. The van der Waals surface area contributed by atoms with Crippen molar-refractivity contribution < 1.29 is 22.4 Å². The van der Waals surface area contributed by atoms with Crippen LogP contribution in [0.3, 0.4) is 0 Å². The molecule has 1 aliphatic heterocycles. The summed E-state index contributed by atoms with van der Waals surface area (Å²) in [7, 11) is 0. The highest BCUT2D eigenvalue weighted by Gasteiger charge is 2.32. The fraction of sp³-hybridized carbons (Fsp3) is 0.350. The first-order valence-electron chi connectivity index (χ1n) is 9.40. The van der Waals surface area contributed by atoms with E-state index in [0.29, 0.717) is 42.3 Å². The van der Waals surface area contributed by atoms with Crippen molar-refractivity contribution >= 4 is 23.3 Å². The molecule has 10 heteroatoms. The first kappa shape index (κ1) is 20.6. The maximum absolute atomic E-state index is 13.8. The Hall–Kier alpha value is -2.62. The Kier molecular flexibility index (Phi) is 5.68. The van der Waals surface area contributed by atoms with Crippen LogP contribution in [0.15, 0.2) is 47.5 Å². The average molecular weight is 438 g/mol. The van der Waals surface area contributed by atoms with Crippen molar-refractivity contribution in [1.29, 1.82) is 0 Å². The van der Waals surface area contributed by atoms with Gasteiger partial charge in [-0.05, 0) is 37.1 Å². The molecule has 5 nitrogen and oxygen atoms in total. The van der Waals surface area contributed by atoms with Gasteiger partial charge < -0.3 is 4.90 Å². The third-order valence-electron chi connectivity index (χ3n) is 5.08. The van der Waals surface area contributed by atoms with Crippen LogP contribution in [0.25, 0.3) is 5.65 Å². The first-order valence-corrected chi connectivity index (χ1v) is 10.4. The van der Waals surface area contributed by atoms with E-state index in [9.17, 15) is 22.4 Å². The Morgan fingerprint density at radius 3 is 2.73 bits per heavy atom. The maximum Gasteiger partial charge on any atom is 0.417 e. The SMILES string of the molecule is O=C(CSc1ccccc1F)N1CCCC(c2nnc3ccc(C(F)(F)F)cn23)C1. The lowest BCUT2D eigenvalue weighted by Gasteiger charge is -2.32. The molecule has 1 aliphatic rings. The van der Waals surface area contributed by atoms with Crippen LogP contribution in [0.2, 0.25) is 0 Å². The summed E-state index contributed by atoms with van der Waals surface area (Å²) in [5, 5.41) is 8.06. The summed E-state index contributed by atoms with van der Waals surface area (Å²) in [5.41, 5.74) is -0.447. The van der Waals surface area contributed by atoms with Gasteiger partial charge in [0, 0.05) is 30.1 Å². The number of pyridine rings is 1. The van der Waals surface area contributed by atoms with E-state index < -0.39 is 11.7 Å². The highest BCUT2D eigenvalue weighted by molar-refractivity contribution is 8.00. The molecule has 4 rings (SSSR count). The third kappa shape index (κ3) is 4.28. The van der Waals surface area contributed by atoms with Gasteiger partial charge in [-0.2, -0.15) is 13.2 Å². The number of carbonyl (C=O) groups is 1. The highest BCUT2D eigenvalue weighted by Crippen LogP contribution is 2.31. The van der Waals surface area contributed by atoms with Crippen molar-refractivity contribution in [3.05, 3.63) is 59.8 Å². The quantitative estimate of drug-likeness (QED) is 0.448. The van der Waals surface area contributed by atoms with E-state index >= 15 is 0 Å². The Bertz CT molecular complexity index is 1070. The van der Waals surface area contributed by atoms with Crippen molar-refractivity contribution in [2.45, 2.75) is 29.8 Å². The van der Waals surface area contributed by atoms with Gasteiger partial charge in [-0.25, -0.2) is 4.39 Å². The predicted molar refractivity (Wildman–Crippen MR) is 104 cm³/mol. The zero-order chi connectivity index (χ0) is 21.3. The summed E-state index contributed by atoms with van der Waals surface area (Å²) in [5.74, 6) is -0.234. The highest BCUT2D eigenvalue weighted by atomic mass is 32.2. The summed E-state index contributed by atoms with van der Waals surface area (Å²) in [6.45, 7) is 0.894. The number of likely N-dealkylation sites (tertiary alicyclic amines) is 1. The normalized spacial score (nSPS) is 17.5. The number of thioether (sulfide) groups is 1. The molecule has 1 aromatic carbocycles. The average Bonchev–Trinajstić information content (AvgIpc) is 3.16. The molecule has 0 aliphatic carbocycles. The van der Waals surface area contributed by atoms with Gasteiger partial charge in [-0.15, -0.1) is 22.0 Å². The second-order valence-electron chi connectivity index (χ2n) is 7.10. The van der Waals surface area contributed by atoms with Crippen LogP contribution in [-0.4, -0.2) is 44.2 Å². The molecule has 0 bridgehead atoms. The largest absolute Gasteiger partial charge is 0.417 e. The molecule has 0 radical (unpaired) electrons. The van der Waals surface area contributed by atoms with Gasteiger partial charge in [0.2, 0.25) is 5.91 Å². The van der Waals surface area contributed by atoms with Crippen LogP contribution >= 0.6 is 11.8 Å². The molecule has 0 saturated carbocycles. The molecule has 1 saturated heterocycles. The van der Waals surface area contributed by atoms with Gasteiger partial charge in [0.05, 0.1) is 11.3 Å². The number of benzene rings is 1. The second-order valence-corrected chi connectivity index (χ2v) is 8.12. The van der Waals surface area contributed by atoms with Crippen molar-refractivity contribution in [1.82, 2.24) is 19.5 Å². The van der Waals surface area contributed by atoms with E-state index in [4.69, 9.17) is 0 Å². The molecule has 3 heterocycles. The van der Waals surface area contributed by atoms with Gasteiger partial charge in [0.15, 0.2) is 5.65 Å². The fourth-order valence-electron chi connectivity index (χ4n) is 3.56. The molecule has 0 spiro atoms. The van der Waals surface area contributed by atoms with Crippen LogP contribution in [0, 0.1) is 5.82 Å². The summed E-state index contributed by atoms with van der Waals surface area (Å²) >= 11 is 1.13. The van der Waals surface area contributed by atoms with Gasteiger partial charge in [-0.3, -0.25) is 9.20 Å². The number of carbonyl (C=O) groups excluding carboxylic acids is 1. The fourth-order valence-corrected chi connectivity index (χ4v) is 4.40. The third-order valence-corrected chi connectivity index (χ3v) is 6.12. The molecule has 1 unspecified atom stereocenters. The summed E-state index contributed by atoms with van der Waals surface area (Å²) in [6, 6.07) is 8.52. The minimum absolute atomic E-state index is 0.0897. The van der Waals surface area contributed by atoms with Crippen molar-refractivity contribution in [3.8, 4) is 0 Å². The van der Waals surface area contributed by atoms with Gasteiger partial charge in [0.1, 0.15) is 11.6 Å². The zero-order valence-electron chi connectivity index (χ0n) is 15.8. The van der Waals surface area contributed by atoms with E-state index in [1.54, 1.807) is 23.1 Å². The first-order chi connectivity index (χ1) is 14.3. The van der Waals surface area contributed by atoms with Gasteiger partial charge >= 0.3 is 6.18 Å². The molecule has 1 amide bonds.